The van der Waals surface area contributed by atoms with E-state index in [0.717, 1.165) is 0 Å². The predicted molar refractivity (Wildman–Crippen MR) is 206 cm³/mol. The summed E-state index contributed by atoms with van der Waals surface area (Å²) in [5.74, 6) is -2.95. The fourth-order valence-electron chi connectivity index (χ4n) is 7.52. The molecule has 0 bridgehead atoms. The third-order valence-electron chi connectivity index (χ3n) is 11.9. The lowest BCUT2D eigenvalue weighted by Gasteiger charge is -2.33. The van der Waals surface area contributed by atoms with Crippen molar-refractivity contribution >= 4 is 44.6 Å². The van der Waals surface area contributed by atoms with E-state index in [1.54, 1.807) is 25.1 Å². The van der Waals surface area contributed by atoms with Crippen molar-refractivity contribution in [3.63, 3.8) is 0 Å². The van der Waals surface area contributed by atoms with Crippen LogP contribution in [0.1, 0.15) is 86.5 Å². The molecule has 14 nitrogen and oxygen atoms in total. The molecule has 2 aliphatic carbocycles. The number of ether oxygens (including phenoxy) is 3. The van der Waals surface area contributed by atoms with Gasteiger partial charge < -0.3 is 29.7 Å². The monoisotopic (exact) mass is 835 g/mol. The van der Waals surface area contributed by atoms with E-state index < -0.39 is 85.9 Å². The number of alkyl halides is 3. The van der Waals surface area contributed by atoms with Gasteiger partial charge in [-0.05, 0) is 77.7 Å². The highest BCUT2D eigenvalue weighted by Gasteiger charge is 2.63. The Balaban J connectivity index is 1.35. The van der Waals surface area contributed by atoms with Crippen molar-refractivity contribution in [1.29, 1.82) is 0 Å². The van der Waals surface area contributed by atoms with Crippen molar-refractivity contribution in [3.8, 4) is 11.6 Å². The molecule has 6 rings (SSSR count). The van der Waals surface area contributed by atoms with E-state index in [9.17, 15) is 40.8 Å². The summed E-state index contributed by atoms with van der Waals surface area (Å²) in [6.07, 6.45) is 0.235. The molecule has 1 aromatic heterocycles. The third-order valence-corrected chi connectivity index (χ3v) is 14.0. The maximum atomic E-state index is 14.7. The van der Waals surface area contributed by atoms with Gasteiger partial charge in [-0.3, -0.25) is 19.1 Å². The highest BCUT2D eigenvalue weighted by atomic mass is 32.2. The Morgan fingerprint density at radius 2 is 1.76 bits per heavy atom. The molecule has 58 heavy (non-hydrogen) atoms. The van der Waals surface area contributed by atoms with E-state index in [-0.39, 0.29) is 31.2 Å². The molecule has 1 aromatic carbocycles. The van der Waals surface area contributed by atoms with Gasteiger partial charge in [0.05, 0.1) is 24.1 Å². The molecule has 318 valence electrons. The molecule has 2 saturated carbocycles. The molecule has 3 N–H and O–H groups in total. The van der Waals surface area contributed by atoms with Gasteiger partial charge in [0.25, 0.3) is 5.91 Å². The van der Waals surface area contributed by atoms with Crippen LogP contribution in [0.5, 0.6) is 11.6 Å². The van der Waals surface area contributed by atoms with Crippen molar-refractivity contribution in [2.75, 3.05) is 13.2 Å². The van der Waals surface area contributed by atoms with Gasteiger partial charge in [0.2, 0.25) is 33.3 Å². The normalized spacial score (nSPS) is 28.9. The summed E-state index contributed by atoms with van der Waals surface area (Å²) < 4.78 is 85.6. The third kappa shape index (κ3) is 8.71. The van der Waals surface area contributed by atoms with Crippen molar-refractivity contribution in [2.24, 2.45) is 17.8 Å². The predicted octanol–water partition coefficient (Wildman–Crippen LogP) is 5.30. The fourth-order valence-corrected chi connectivity index (χ4v) is 8.84. The standard InChI is InChI=1S/C40H52F3N5O9S/c1-7-55-30-21-44-33(28-14-9-8-13-27(28)30)56-26-19-29-32(49)46-39(35(51)47-58(53,54)38(6)17-18-38)20-25(39)16-15-23(2)11-10-12-24(3)31(34(50)48(29)22-26)45-36(52)57-37(4,5)40(41,42)43/h8-9,13-16,21,23-26,29,31H,7,10-12,17-20,22H2,1-6H3,(H,45,52)(H,46,49)(H,47,51). The molecule has 4 amide bonds. The number of nitrogens with one attached hydrogen (secondary N) is 3. The minimum Gasteiger partial charge on any atom is -0.492 e. The van der Waals surface area contributed by atoms with Gasteiger partial charge >= 0.3 is 12.3 Å². The van der Waals surface area contributed by atoms with Gasteiger partial charge in [-0.1, -0.05) is 50.6 Å². The molecule has 7 unspecified atom stereocenters. The SMILES string of the molecule is CCOc1cnc(OC2CC3C(=O)NC4(C(=O)NS(=O)(=O)C5(C)CC5)CC4C=CC(C)CCCC(C)C(NC(=O)OC(C)(C)C(F)(F)F)C(=O)N3C2)c2ccccc12. The number of benzene rings is 1. The summed E-state index contributed by atoms with van der Waals surface area (Å²) in [6.45, 7) is 8.56. The highest BCUT2D eigenvalue weighted by molar-refractivity contribution is 7.91. The average molecular weight is 836 g/mol. The summed E-state index contributed by atoms with van der Waals surface area (Å²) in [5.41, 5.74) is -4.53. The van der Waals surface area contributed by atoms with Crippen LogP contribution < -0.4 is 24.8 Å². The lowest BCUT2D eigenvalue weighted by Crippen LogP contribution is -2.59. The van der Waals surface area contributed by atoms with E-state index in [1.165, 1.54) is 18.0 Å². The summed E-state index contributed by atoms with van der Waals surface area (Å²) in [5, 5.41) is 6.48. The topological polar surface area (TPSA) is 182 Å². The molecule has 0 radical (unpaired) electrons. The van der Waals surface area contributed by atoms with Gasteiger partial charge in [-0.25, -0.2) is 18.2 Å². The molecule has 4 aliphatic rings. The zero-order valence-corrected chi connectivity index (χ0v) is 34.3. The second-order valence-electron chi connectivity index (χ2n) is 16.8. The van der Waals surface area contributed by atoms with Crippen LogP contribution in [-0.2, 0) is 29.1 Å². The Labute approximate surface area is 336 Å². The molecule has 3 heterocycles. The summed E-state index contributed by atoms with van der Waals surface area (Å²) >= 11 is 0. The Kier molecular flexibility index (Phi) is 11.8. The fraction of sp³-hybridized carbons (Fsp3) is 0.625. The minimum absolute atomic E-state index is 0.0310. The molecule has 2 aromatic rings. The smallest absolute Gasteiger partial charge is 0.427 e. The maximum absolute atomic E-state index is 14.7. The molecular formula is C40H52F3N5O9S. The zero-order chi connectivity index (χ0) is 42.4. The first-order chi connectivity index (χ1) is 27.1. The molecule has 3 fully saturated rings. The van der Waals surface area contributed by atoms with Crippen LogP contribution in [0.25, 0.3) is 10.8 Å². The molecule has 2 aliphatic heterocycles. The zero-order valence-electron chi connectivity index (χ0n) is 33.5. The van der Waals surface area contributed by atoms with E-state index in [2.05, 4.69) is 20.3 Å². The Morgan fingerprint density at radius 1 is 1.07 bits per heavy atom. The number of alkyl carbamates (subject to hydrolysis) is 1. The summed E-state index contributed by atoms with van der Waals surface area (Å²) in [6, 6.07) is 4.47. The van der Waals surface area contributed by atoms with Gasteiger partial charge in [0.15, 0.2) is 0 Å². The van der Waals surface area contributed by atoms with Gasteiger partial charge in [-0.2, -0.15) is 13.2 Å². The number of fused-ring (bicyclic) bond motifs is 3. The number of amides is 4. The van der Waals surface area contributed by atoms with Crippen LogP contribution in [0.4, 0.5) is 18.0 Å². The van der Waals surface area contributed by atoms with Crippen LogP contribution in [0.15, 0.2) is 42.6 Å². The second-order valence-corrected chi connectivity index (χ2v) is 19.0. The van der Waals surface area contributed by atoms with Crippen molar-refractivity contribution in [3.05, 3.63) is 42.6 Å². The molecular weight excluding hydrogens is 784 g/mol. The number of carbonyl (C=O) groups is 4. The van der Waals surface area contributed by atoms with Crippen LogP contribution >= 0.6 is 0 Å². The Morgan fingerprint density at radius 3 is 2.41 bits per heavy atom. The molecule has 0 spiro atoms. The number of allylic oxidation sites excluding steroid dienone is 1. The quantitative estimate of drug-likeness (QED) is 0.281. The first-order valence-electron chi connectivity index (χ1n) is 19.7. The van der Waals surface area contributed by atoms with E-state index >= 15 is 0 Å². The van der Waals surface area contributed by atoms with Crippen LogP contribution in [0.2, 0.25) is 0 Å². The van der Waals surface area contributed by atoms with Gasteiger partial charge in [0.1, 0.15) is 29.5 Å². The number of sulfonamides is 1. The van der Waals surface area contributed by atoms with Gasteiger partial charge in [0, 0.05) is 23.1 Å². The Bertz CT molecular complexity index is 2070. The van der Waals surface area contributed by atoms with Crippen molar-refractivity contribution in [1.82, 2.24) is 25.2 Å². The number of hydrogen-bond donors (Lipinski definition) is 3. The largest absolute Gasteiger partial charge is 0.492 e. The highest BCUT2D eigenvalue weighted by Crippen LogP contribution is 2.48. The number of hydrogen-bond acceptors (Lipinski definition) is 10. The second kappa shape index (κ2) is 15.9. The molecule has 7 atom stereocenters. The number of halogens is 3. The number of aromatic nitrogens is 1. The number of pyridine rings is 1. The maximum Gasteiger partial charge on any atom is 0.427 e. The van der Waals surface area contributed by atoms with E-state index in [1.807, 2.05) is 32.1 Å². The van der Waals surface area contributed by atoms with Crippen LogP contribution in [0.3, 0.4) is 0 Å². The number of rotatable bonds is 9. The van der Waals surface area contributed by atoms with Crippen LogP contribution in [0, 0.1) is 17.8 Å². The van der Waals surface area contributed by atoms with E-state index in [0.29, 0.717) is 69.1 Å². The number of nitrogens with zero attached hydrogens (tertiary/aromatic N) is 2. The lowest BCUT2D eigenvalue weighted by atomic mass is 9.92. The lowest BCUT2D eigenvalue weighted by molar-refractivity contribution is -0.244. The molecule has 1 saturated heterocycles. The molecule has 18 heteroatoms. The van der Waals surface area contributed by atoms with Crippen LogP contribution in [-0.4, -0.2) is 95.5 Å². The average Bonchev–Trinajstić information content (AvgIpc) is 4.03. The summed E-state index contributed by atoms with van der Waals surface area (Å²) in [4.78, 5) is 61.9. The Hall–Kier alpha value is -4.61. The van der Waals surface area contributed by atoms with Crippen molar-refractivity contribution < 1.29 is 55.0 Å². The van der Waals surface area contributed by atoms with Gasteiger partial charge in [-0.15, -0.1) is 0 Å². The van der Waals surface area contributed by atoms with Crippen molar-refractivity contribution in [2.45, 2.75) is 127 Å². The number of carbonyl (C=O) groups excluding carboxylic acids is 4. The minimum atomic E-state index is -4.91. The first kappa shape index (κ1) is 43.0. The first-order valence-corrected chi connectivity index (χ1v) is 21.2. The van der Waals surface area contributed by atoms with E-state index in [4.69, 9.17) is 14.2 Å². The summed E-state index contributed by atoms with van der Waals surface area (Å²) in [7, 11) is -4.08.